The first-order valence-electron chi connectivity index (χ1n) is 5.94. The van der Waals surface area contributed by atoms with Gasteiger partial charge in [0.15, 0.2) is 0 Å². The molecule has 0 amide bonds. The minimum absolute atomic E-state index is 0.649. The molecule has 0 aliphatic heterocycles. The molecule has 0 heterocycles. The standard InChI is InChI=1S/C12H28N2/c1-7-8-14(11(4)5)12(9-13-6)10(2)3/h10-13H,7-9H2,1-6H3. The highest BCUT2D eigenvalue weighted by atomic mass is 15.2. The minimum Gasteiger partial charge on any atom is -0.318 e. The maximum Gasteiger partial charge on any atom is 0.0246 e. The minimum atomic E-state index is 0.649. The molecule has 2 nitrogen and oxygen atoms in total. The van der Waals surface area contributed by atoms with E-state index in [0.717, 1.165) is 12.5 Å². The summed E-state index contributed by atoms with van der Waals surface area (Å²) in [5.74, 6) is 0.719. The van der Waals surface area contributed by atoms with E-state index in [1.54, 1.807) is 0 Å². The van der Waals surface area contributed by atoms with Crippen molar-refractivity contribution in [3.05, 3.63) is 0 Å². The number of rotatable bonds is 7. The number of likely N-dealkylation sites (N-methyl/N-ethyl adjacent to an activating group) is 1. The van der Waals surface area contributed by atoms with Crippen LogP contribution >= 0.6 is 0 Å². The Morgan fingerprint density at radius 2 is 1.71 bits per heavy atom. The Kier molecular flexibility index (Phi) is 7.20. The van der Waals surface area contributed by atoms with Gasteiger partial charge in [0.25, 0.3) is 0 Å². The molecule has 86 valence electrons. The number of hydrogen-bond acceptors (Lipinski definition) is 2. The monoisotopic (exact) mass is 200 g/mol. The lowest BCUT2D eigenvalue weighted by atomic mass is 10.0. The Morgan fingerprint density at radius 1 is 1.14 bits per heavy atom. The maximum atomic E-state index is 3.30. The van der Waals surface area contributed by atoms with Gasteiger partial charge < -0.3 is 5.32 Å². The van der Waals surface area contributed by atoms with Gasteiger partial charge >= 0.3 is 0 Å². The molecule has 0 radical (unpaired) electrons. The van der Waals surface area contributed by atoms with E-state index in [2.05, 4.69) is 44.8 Å². The third-order valence-corrected chi connectivity index (χ3v) is 2.75. The molecule has 0 bridgehead atoms. The Balaban J connectivity index is 4.37. The molecule has 0 saturated carbocycles. The second-order valence-corrected chi connectivity index (χ2v) is 4.70. The van der Waals surface area contributed by atoms with Crippen molar-refractivity contribution in [1.29, 1.82) is 0 Å². The van der Waals surface area contributed by atoms with Crippen molar-refractivity contribution in [3.63, 3.8) is 0 Å². The van der Waals surface area contributed by atoms with Crippen LogP contribution in [0.1, 0.15) is 41.0 Å². The zero-order valence-corrected chi connectivity index (χ0v) is 10.8. The van der Waals surface area contributed by atoms with Gasteiger partial charge in [0.05, 0.1) is 0 Å². The van der Waals surface area contributed by atoms with Crippen LogP contribution in [0.2, 0.25) is 0 Å². The Labute approximate surface area is 90.1 Å². The molecule has 0 aromatic carbocycles. The lowest BCUT2D eigenvalue weighted by Crippen LogP contribution is -2.48. The van der Waals surface area contributed by atoms with E-state index in [1.165, 1.54) is 13.0 Å². The summed E-state index contributed by atoms with van der Waals surface area (Å²) in [5, 5.41) is 3.30. The first-order valence-corrected chi connectivity index (χ1v) is 5.94. The molecule has 0 fully saturated rings. The van der Waals surface area contributed by atoms with Crippen LogP contribution in [0.5, 0.6) is 0 Å². The maximum absolute atomic E-state index is 3.30. The molecule has 0 saturated heterocycles. The van der Waals surface area contributed by atoms with Crippen molar-refractivity contribution in [2.75, 3.05) is 20.1 Å². The van der Waals surface area contributed by atoms with Crippen LogP contribution in [0.4, 0.5) is 0 Å². The van der Waals surface area contributed by atoms with Crippen LogP contribution in [0.15, 0.2) is 0 Å². The smallest absolute Gasteiger partial charge is 0.0246 e. The molecule has 1 N–H and O–H groups in total. The number of nitrogens with zero attached hydrogens (tertiary/aromatic N) is 1. The summed E-state index contributed by atoms with van der Waals surface area (Å²) < 4.78 is 0. The summed E-state index contributed by atoms with van der Waals surface area (Å²) in [5.41, 5.74) is 0. The fraction of sp³-hybridized carbons (Fsp3) is 1.00. The first kappa shape index (κ1) is 13.9. The summed E-state index contributed by atoms with van der Waals surface area (Å²) >= 11 is 0. The summed E-state index contributed by atoms with van der Waals surface area (Å²) in [6.45, 7) is 13.8. The van der Waals surface area contributed by atoms with Crippen LogP contribution in [0, 0.1) is 5.92 Å². The lowest BCUT2D eigenvalue weighted by molar-refractivity contribution is 0.117. The van der Waals surface area contributed by atoms with Crippen molar-refractivity contribution in [1.82, 2.24) is 10.2 Å². The predicted octanol–water partition coefficient (Wildman–Crippen LogP) is 2.35. The summed E-state index contributed by atoms with van der Waals surface area (Å²) in [4.78, 5) is 2.61. The van der Waals surface area contributed by atoms with Gasteiger partial charge in [-0.1, -0.05) is 20.8 Å². The highest BCUT2D eigenvalue weighted by Gasteiger charge is 2.22. The van der Waals surface area contributed by atoms with Crippen LogP contribution in [0.25, 0.3) is 0 Å². The SMILES string of the molecule is CCCN(C(C)C)C(CNC)C(C)C. The second-order valence-electron chi connectivity index (χ2n) is 4.70. The summed E-state index contributed by atoms with van der Waals surface area (Å²) in [6.07, 6.45) is 1.24. The van der Waals surface area contributed by atoms with E-state index in [-0.39, 0.29) is 0 Å². The van der Waals surface area contributed by atoms with Crippen molar-refractivity contribution in [3.8, 4) is 0 Å². The van der Waals surface area contributed by atoms with Gasteiger partial charge in [-0.25, -0.2) is 0 Å². The van der Waals surface area contributed by atoms with Crippen molar-refractivity contribution < 1.29 is 0 Å². The third-order valence-electron chi connectivity index (χ3n) is 2.75. The Morgan fingerprint density at radius 3 is 2.00 bits per heavy atom. The van der Waals surface area contributed by atoms with Gasteiger partial charge in [-0.2, -0.15) is 0 Å². The van der Waals surface area contributed by atoms with Crippen molar-refractivity contribution in [2.45, 2.75) is 53.1 Å². The fourth-order valence-electron chi connectivity index (χ4n) is 2.01. The molecule has 0 aromatic rings. The van der Waals surface area contributed by atoms with Crippen molar-refractivity contribution >= 4 is 0 Å². The average Bonchev–Trinajstić information content (AvgIpc) is 2.10. The van der Waals surface area contributed by atoms with E-state index >= 15 is 0 Å². The van der Waals surface area contributed by atoms with E-state index in [0.29, 0.717) is 12.1 Å². The molecule has 0 aliphatic carbocycles. The Bertz CT molecular complexity index is 116. The number of nitrogens with one attached hydrogen (secondary N) is 1. The molecule has 0 rings (SSSR count). The fourth-order valence-corrected chi connectivity index (χ4v) is 2.01. The van der Waals surface area contributed by atoms with Crippen molar-refractivity contribution in [2.24, 2.45) is 5.92 Å². The van der Waals surface area contributed by atoms with Crippen LogP contribution < -0.4 is 5.32 Å². The first-order chi connectivity index (χ1) is 6.54. The summed E-state index contributed by atoms with van der Waals surface area (Å²) in [7, 11) is 2.04. The van der Waals surface area contributed by atoms with E-state index in [4.69, 9.17) is 0 Å². The average molecular weight is 200 g/mol. The molecule has 2 heteroatoms. The molecule has 0 aromatic heterocycles. The largest absolute Gasteiger partial charge is 0.318 e. The van der Waals surface area contributed by atoms with Crippen LogP contribution in [-0.4, -0.2) is 37.1 Å². The summed E-state index contributed by atoms with van der Waals surface area (Å²) in [6, 6.07) is 1.32. The van der Waals surface area contributed by atoms with E-state index < -0.39 is 0 Å². The van der Waals surface area contributed by atoms with Gasteiger partial charge in [-0.3, -0.25) is 4.90 Å². The molecule has 14 heavy (non-hydrogen) atoms. The lowest BCUT2D eigenvalue weighted by Gasteiger charge is -2.37. The van der Waals surface area contributed by atoms with Gasteiger partial charge in [-0.05, 0) is 39.8 Å². The van der Waals surface area contributed by atoms with Gasteiger partial charge in [0, 0.05) is 18.6 Å². The topological polar surface area (TPSA) is 15.3 Å². The molecule has 1 atom stereocenters. The van der Waals surface area contributed by atoms with E-state index in [9.17, 15) is 0 Å². The molecule has 0 spiro atoms. The van der Waals surface area contributed by atoms with Crippen LogP contribution in [-0.2, 0) is 0 Å². The normalized spacial score (nSPS) is 14.4. The molecular weight excluding hydrogens is 172 g/mol. The molecule has 1 unspecified atom stereocenters. The van der Waals surface area contributed by atoms with Gasteiger partial charge in [-0.15, -0.1) is 0 Å². The highest BCUT2D eigenvalue weighted by molar-refractivity contribution is 4.78. The molecule has 0 aliphatic rings. The van der Waals surface area contributed by atoms with Gasteiger partial charge in [0.1, 0.15) is 0 Å². The van der Waals surface area contributed by atoms with E-state index in [1.807, 2.05) is 7.05 Å². The zero-order valence-electron chi connectivity index (χ0n) is 10.8. The predicted molar refractivity (Wildman–Crippen MR) is 64.7 cm³/mol. The molecular formula is C12H28N2. The zero-order chi connectivity index (χ0) is 11.1. The second kappa shape index (κ2) is 7.24. The van der Waals surface area contributed by atoms with Gasteiger partial charge in [0.2, 0.25) is 0 Å². The number of hydrogen-bond donors (Lipinski definition) is 1. The third kappa shape index (κ3) is 4.43. The highest BCUT2D eigenvalue weighted by Crippen LogP contribution is 2.14. The Hall–Kier alpha value is -0.0800. The van der Waals surface area contributed by atoms with Crippen LogP contribution in [0.3, 0.4) is 0 Å². The quantitative estimate of drug-likeness (QED) is 0.678.